The van der Waals surface area contributed by atoms with Crippen LogP contribution in [-0.4, -0.2) is 25.8 Å². The summed E-state index contributed by atoms with van der Waals surface area (Å²) in [6.45, 7) is 11.8. The summed E-state index contributed by atoms with van der Waals surface area (Å²) in [4.78, 5) is 12.4. The molecule has 118 valence electrons. The molecule has 0 aliphatic carbocycles. The summed E-state index contributed by atoms with van der Waals surface area (Å²) in [6, 6.07) is 5.05. The van der Waals surface area contributed by atoms with Gasteiger partial charge in [-0.1, -0.05) is 45.2 Å². The fourth-order valence-electron chi connectivity index (χ4n) is 1.68. The smallest absolute Gasteiger partial charge is 0.223 e. The van der Waals surface area contributed by atoms with Crippen molar-refractivity contribution in [3.05, 3.63) is 60.7 Å². The summed E-state index contributed by atoms with van der Waals surface area (Å²) in [5.41, 5.74) is 0.890. The van der Waals surface area contributed by atoms with Gasteiger partial charge in [0.05, 0.1) is 12.7 Å². The highest BCUT2D eigenvalue weighted by atomic mass is 16.8. The summed E-state index contributed by atoms with van der Waals surface area (Å²) in [7, 11) is 1.56. The topological polar surface area (TPSA) is 48.1 Å². The zero-order valence-corrected chi connectivity index (χ0v) is 13.3. The summed E-state index contributed by atoms with van der Waals surface area (Å²) in [5, 5.41) is 0. The molecule has 1 aromatic rings. The van der Waals surface area contributed by atoms with Crippen LogP contribution in [0.1, 0.15) is 24.2 Å². The Hall–Kier alpha value is -2.33. The number of epoxide rings is 1. The van der Waals surface area contributed by atoms with Gasteiger partial charge in [0, 0.05) is 11.6 Å². The van der Waals surface area contributed by atoms with Gasteiger partial charge in [0.15, 0.2) is 5.78 Å². The van der Waals surface area contributed by atoms with E-state index in [-0.39, 0.29) is 12.1 Å². The van der Waals surface area contributed by atoms with E-state index >= 15 is 0 Å². The second-order valence-corrected chi connectivity index (χ2v) is 4.13. The van der Waals surface area contributed by atoms with E-state index < -0.39 is 0 Å². The van der Waals surface area contributed by atoms with Crippen LogP contribution in [0.3, 0.4) is 0 Å². The van der Waals surface area contributed by atoms with Crippen LogP contribution in [0.25, 0.3) is 0 Å². The standard InChI is InChI=1S/C16H16O4.C2H6/c1-4-6-11(5-2)16(17)13-8-7-12(18-3)9-14(13)20-15-10-19-15;1-2/h4-9,15H,1-2,10H2,3H3;1-2H3/b11-6+;. The van der Waals surface area contributed by atoms with Gasteiger partial charge in [-0.05, 0) is 12.1 Å². The number of methoxy groups -OCH3 is 1. The van der Waals surface area contributed by atoms with Gasteiger partial charge in [0.25, 0.3) is 0 Å². The van der Waals surface area contributed by atoms with E-state index in [9.17, 15) is 4.79 Å². The Morgan fingerprint density at radius 1 is 1.36 bits per heavy atom. The van der Waals surface area contributed by atoms with Crippen LogP contribution >= 0.6 is 0 Å². The van der Waals surface area contributed by atoms with Crippen LogP contribution < -0.4 is 9.47 Å². The number of hydrogen-bond donors (Lipinski definition) is 0. The molecule has 0 amide bonds. The van der Waals surface area contributed by atoms with Crippen molar-refractivity contribution in [1.29, 1.82) is 0 Å². The SMILES string of the molecule is C=C/C=C(\C=C)C(=O)c1ccc(OC)cc1OC1CO1.CC. The maximum atomic E-state index is 12.4. The minimum atomic E-state index is -0.288. The Balaban J connectivity index is 0.00000116. The normalized spacial score (nSPS) is 16.0. The third kappa shape index (κ3) is 4.60. The molecule has 4 nitrogen and oxygen atoms in total. The zero-order chi connectivity index (χ0) is 16.5. The predicted molar refractivity (Wildman–Crippen MR) is 87.5 cm³/mol. The molecule has 2 rings (SSSR count). The molecule has 1 saturated heterocycles. The first kappa shape index (κ1) is 17.7. The number of Topliss-reactive ketones (excluding diaryl/α,β-unsaturated/α-hetero) is 1. The highest BCUT2D eigenvalue weighted by Crippen LogP contribution is 2.30. The molecule has 1 heterocycles. The first-order valence-electron chi connectivity index (χ1n) is 7.15. The number of hydrogen-bond acceptors (Lipinski definition) is 4. The maximum Gasteiger partial charge on any atom is 0.223 e. The van der Waals surface area contributed by atoms with Crippen LogP contribution in [0.15, 0.2) is 55.2 Å². The third-order valence-electron chi connectivity index (χ3n) is 2.77. The fraction of sp³-hybridized carbons (Fsp3) is 0.278. The largest absolute Gasteiger partial charge is 0.497 e. The molecule has 0 bridgehead atoms. The van der Waals surface area contributed by atoms with E-state index in [1.165, 1.54) is 6.08 Å². The van der Waals surface area contributed by atoms with Gasteiger partial charge in [-0.3, -0.25) is 4.79 Å². The van der Waals surface area contributed by atoms with E-state index in [4.69, 9.17) is 14.2 Å². The molecule has 1 atom stereocenters. The van der Waals surface area contributed by atoms with Crippen LogP contribution in [0.5, 0.6) is 11.5 Å². The zero-order valence-electron chi connectivity index (χ0n) is 13.3. The number of ether oxygens (including phenoxy) is 3. The Kier molecular flexibility index (Phi) is 7.13. The lowest BCUT2D eigenvalue weighted by molar-refractivity contribution is 0.103. The van der Waals surface area contributed by atoms with Crippen molar-refractivity contribution in [2.75, 3.05) is 13.7 Å². The Morgan fingerprint density at radius 2 is 2.05 bits per heavy atom. The Labute approximate surface area is 131 Å². The highest BCUT2D eigenvalue weighted by molar-refractivity contribution is 6.12. The highest BCUT2D eigenvalue weighted by Gasteiger charge is 2.27. The van der Waals surface area contributed by atoms with Crippen LogP contribution in [0, 0.1) is 0 Å². The van der Waals surface area contributed by atoms with Crippen molar-refractivity contribution in [1.82, 2.24) is 0 Å². The van der Waals surface area contributed by atoms with Crippen molar-refractivity contribution in [3.63, 3.8) is 0 Å². The van der Waals surface area contributed by atoms with Gasteiger partial charge in [-0.25, -0.2) is 0 Å². The lowest BCUT2D eigenvalue weighted by Crippen LogP contribution is -2.08. The van der Waals surface area contributed by atoms with Gasteiger partial charge in [0.1, 0.15) is 18.1 Å². The molecule has 0 spiro atoms. The molecule has 1 unspecified atom stereocenters. The summed E-state index contributed by atoms with van der Waals surface area (Å²) < 4.78 is 15.8. The molecule has 1 aliphatic rings. The van der Waals surface area contributed by atoms with E-state index in [0.717, 1.165) is 0 Å². The molecule has 4 heteroatoms. The minimum Gasteiger partial charge on any atom is -0.497 e. The minimum absolute atomic E-state index is 0.182. The second kappa shape index (κ2) is 8.85. The first-order chi connectivity index (χ1) is 10.7. The first-order valence-corrected chi connectivity index (χ1v) is 7.15. The van der Waals surface area contributed by atoms with Gasteiger partial charge in [-0.15, -0.1) is 0 Å². The van der Waals surface area contributed by atoms with Gasteiger partial charge in [0.2, 0.25) is 6.29 Å². The van der Waals surface area contributed by atoms with Crippen molar-refractivity contribution in [2.45, 2.75) is 20.1 Å². The number of carbonyl (C=O) groups is 1. The molecule has 1 fully saturated rings. The quantitative estimate of drug-likeness (QED) is 0.331. The van der Waals surface area contributed by atoms with Crippen molar-refractivity contribution in [2.24, 2.45) is 0 Å². The van der Waals surface area contributed by atoms with E-state index in [1.54, 1.807) is 37.5 Å². The fourth-order valence-corrected chi connectivity index (χ4v) is 1.68. The predicted octanol–water partition coefficient (Wildman–Crippen LogP) is 3.94. The van der Waals surface area contributed by atoms with Gasteiger partial charge < -0.3 is 14.2 Å². The van der Waals surface area contributed by atoms with E-state index in [2.05, 4.69) is 13.2 Å². The lowest BCUT2D eigenvalue weighted by atomic mass is 10.0. The monoisotopic (exact) mass is 302 g/mol. The molecule has 0 aromatic heterocycles. The van der Waals surface area contributed by atoms with Crippen LogP contribution in [0.2, 0.25) is 0 Å². The number of carbonyl (C=O) groups excluding carboxylic acids is 1. The van der Waals surface area contributed by atoms with Gasteiger partial charge in [-0.2, -0.15) is 0 Å². The average molecular weight is 302 g/mol. The number of rotatable bonds is 7. The molecule has 0 radical (unpaired) electrons. The maximum absolute atomic E-state index is 12.4. The summed E-state index contributed by atoms with van der Waals surface area (Å²) >= 11 is 0. The van der Waals surface area contributed by atoms with E-state index in [1.807, 2.05) is 13.8 Å². The van der Waals surface area contributed by atoms with Crippen LogP contribution in [-0.2, 0) is 4.74 Å². The lowest BCUT2D eigenvalue weighted by Gasteiger charge is -2.11. The molecule has 1 aliphatic heterocycles. The van der Waals surface area contributed by atoms with E-state index in [0.29, 0.717) is 29.2 Å². The summed E-state index contributed by atoms with van der Waals surface area (Å²) in [6.07, 6.45) is 4.36. The molecular formula is C18H22O4. The second-order valence-electron chi connectivity index (χ2n) is 4.13. The number of ketones is 1. The molecule has 1 aromatic carbocycles. The number of benzene rings is 1. The number of allylic oxidation sites excluding steroid dienone is 4. The average Bonchev–Trinajstić information content (AvgIpc) is 3.37. The van der Waals surface area contributed by atoms with Crippen molar-refractivity contribution in [3.8, 4) is 11.5 Å². The van der Waals surface area contributed by atoms with Crippen molar-refractivity contribution < 1.29 is 19.0 Å². The van der Waals surface area contributed by atoms with Crippen molar-refractivity contribution >= 4 is 5.78 Å². The Morgan fingerprint density at radius 3 is 2.55 bits per heavy atom. The van der Waals surface area contributed by atoms with Gasteiger partial charge >= 0.3 is 0 Å². The molecule has 0 N–H and O–H groups in total. The third-order valence-corrected chi connectivity index (χ3v) is 2.77. The molecule has 0 saturated carbocycles. The molecular weight excluding hydrogens is 280 g/mol. The summed E-state index contributed by atoms with van der Waals surface area (Å²) in [5.74, 6) is 0.872. The van der Waals surface area contributed by atoms with Crippen LogP contribution in [0.4, 0.5) is 0 Å². The molecule has 22 heavy (non-hydrogen) atoms. The Bertz CT molecular complexity index is 568.